The number of amides is 1. The molecule has 2 heterocycles. The molecule has 4 nitrogen and oxygen atoms in total. The molecule has 1 aliphatic heterocycles. The number of hydrogen-bond donors (Lipinski definition) is 1. The monoisotopic (exact) mass is 301 g/mol. The summed E-state index contributed by atoms with van der Waals surface area (Å²) in [5, 5.41) is 0.188. The fraction of sp³-hybridized carbons (Fsp3) is 0.250. The van der Waals surface area contributed by atoms with Gasteiger partial charge in [-0.05, 0) is 37.5 Å². The number of aromatic nitrogens is 1. The molecule has 21 heavy (non-hydrogen) atoms. The Balaban J connectivity index is 2.02. The molecule has 0 aliphatic carbocycles. The van der Waals surface area contributed by atoms with Crippen LogP contribution >= 0.6 is 11.6 Å². The van der Waals surface area contributed by atoms with Crippen molar-refractivity contribution >= 4 is 28.9 Å². The molecule has 0 atom stereocenters. The molecule has 2 aromatic rings. The average Bonchev–Trinajstić information content (AvgIpc) is 2.48. The number of benzene rings is 1. The van der Waals surface area contributed by atoms with E-state index in [0.717, 1.165) is 18.5 Å². The first kappa shape index (κ1) is 13.9. The first-order valence-electron chi connectivity index (χ1n) is 6.88. The molecule has 3 rings (SSSR count). The maximum atomic E-state index is 12.8. The van der Waals surface area contributed by atoms with Gasteiger partial charge in [-0.2, -0.15) is 0 Å². The van der Waals surface area contributed by atoms with Crippen LogP contribution in [0.1, 0.15) is 27.9 Å². The van der Waals surface area contributed by atoms with E-state index in [2.05, 4.69) is 18.0 Å². The number of hydrogen-bond acceptors (Lipinski definition) is 3. The number of halogens is 1. The van der Waals surface area contributed by atoms with E-state index >= 15 is 0 Å². The van der Waals surface area contributed by atoms with Crippen LogP contribution in [-0.2, 0) is 6.42 Å². The van der Waals surface area contributed by atoms with Crippen molar-refractivity contribution in [1.82, 2.24) is 4.98 Å². The zero-order valence-electron chi connectivity index (χ0n) is 11.8. The molecule has 0 saturated heterocycles. The minimum absolute atomic E-state index is 0.149. The lowest BCUT2D eigenvalue weighted by Crippen LogP contribution is -2.35. The van der Waals surface area contributed by atoms with Crippen LogP contribution in [0, 0.1) is 6.92 Å². The number of carbonyl (C=O) groups is 1. The van der Waals surface area contributed by atoms with Crippen LogP contribution in [0.5, 0.6) is 0 Å². The summed E-state index contributed by atoms with van der Waals surface area (Å²) >= 11 is 6.05. The quantitative estimate of drug-likeness (QED) is 0.823. The van der Waals surface area contributed by atoms with Gasteiger partial charge in [-0.1, -0.05) is 29.3 Å². The van der Waals surface area contributed by atoms with Crippen molar-refractivity contribution in [3.8, 4) is 0 Å². The zero-order chi connectivity index (χ0) is 15.0. The Kier molecular flexibility index (Phi) is 3.55. The molecular formula is C16H16ClN3O. The van der Waals surface area contributed by atoms with E-state index in [1.165, 1.54) is 17.3 Å². The second kappa shape index (κ2) is 5.37. The molecule has 0 fully saturated rings. The maximum absolute atomic E-state index is 12.8. The van der Waals surface area contributed by atoms with Gasteiger partial charge in [0.05, 0.1) is 17.4 Å². The maximum Gasteiger partial charge on any atom is 0.261 e. The van der Waals surface area contributed by atoms with Crippen molar-refractivity contribution in [2.24, 2.45) is 0 Å². The second-order valence-corrected chi connectivity index (χ2v) is 5.66. The topological polar surface area (TPSA) is 59.2 Å². The SMILES string of the molecule is Cc1ccc2c(c1)CCCN2C(=O)c1cc(N)cnc1Cl. The Labute approximate surface area is 128 Å². The summed E-state index contributed by atoms with van der Waals surface area (Å²) < 4.78 is 0. The highest BCUT2D eigenvalue weighted by Crippen LogP contribution is 2.30. The van der Waals surface area contributed by atoms with Gasteiger partial charge in [0, 0.05) is 12.2 Å². The lowest BCUT2D eigenvalue weighted by molar-refractivity contribution is 0.0985. The van der Waals surface area contributed by atoms with Gasteiger partial charge in [0.1, 0.15) is 5.15 Å². The number of rotatable bonds is 1. The van der Waals surface area contributed by atoms with E-state index < -0.39 is 0 Å². The fourth-order valence-electron chi connectivity index (χ4n) is 2.70. The van der Waals surface area contributed by atoms with Crippen LogP contribution in [0.3, 0.4) is 0 Å². The van der Waals surface area contributed by atoms with E-state index in [4.69, 9.17) is 17.3 Å². The van der Waals surface area contributed by atoms with E-state index in [-0.39, 0.29) is 11.1 Å². The summed E-state index contributed by atoms with van der Waals surface area (Å²) in [7, 11) is 0. The summed E-state index contributed by atoms with van der Waals surface area (Å²) in [5.74, 6) is -0.149. The number of nitrogen functional groups attached to an aromatic ring is 1. The molecule has 2 N–H and O–H groups in total. The van der Waals surface area contributed by atoms with Gasteiger partial charge in [-0.25, -0.2) is 4.98 Å². The van der Waals surface area contributed by atoms with Crippen LogP contribution in [0.2, 0.25) is 5.15 Å². The Morgan fingerprint density at radius 2 is 2.19 bits per heavy atom. The Bertz CT molecular complexity index is 715. The summed E-state index contributed by atoms with van der Waals surface area (Å²) in [6, 6.07) is 7.73. The fourth-order valence-corrected chi connectivity index (χ4v) is 2.88. The van der Waals surface area contributed by atoms with E-state index in [9.17, 15) is 4.79 Å². The molecule has 0 spiro atoms. The predicted molar refractivity (Wildman–Crippen MR) is 84.8 cm³/mol. The van der Waals surface area contributed by atoms with Crippen LogP contribution in [0.4, 0.5) is 11.4 Å². The van der Waals surface area contributed by atoms with Gasteiger partial charge in [0.15, 0.2) is 0 Å². The first-order valence-corrected chi connectivity index (χ1v) is 7.26. The van der Waals surface area contributed by atoms with Crippen LogP contribution in [-0.4, -0.2) is 17.4 Å². The third-order valence-electron chi connectivity index (χ3n) is 3.69. The second-order valence-electron chi connectivity index (χ2n) is 5.30. The van der Waals surface area contributed by atoms with Crippen molar-refractivity contribution in [2.45, 2.75) is 19.8 Å². The molecule has 1 aliphatic rings. The van der Waals surface area contributed by atoms with E-state index in [1.54, 1.807) is 11.0 Å². The lowest BCUT2D eigenvalue weighted by Gasteiger charge is -2.30. The summed E-state index contributed by atoms with van der Waals surface area (Å²) in [6.45, 7) is 2.74. The zero-order valence-corrected chi connectivity index (χ0v) is 12.5. The van der Waals surface area contributed by atoms with Crippen LogP contribution < -0.4 is 10.6 Å². The number of nitrogens with zero attached hydrogens (tertiary/aromatic N) is 2. The van der Waals surface area contributed by atoms with Crippen molar-refractivity contribution in [3.05, 3.63) is 52.3 Å². The molecular weight excluding hydrogens is 286 g/mol. The predicted octanol–water partition coefficient (Wildman–Crippen LogP) is 3.22. The Hall–Kier alpha value is -2.07. The molecule has 108 valence electrons. The first-order chi connectivity index (χ1) is 10.1. The molecule has 1 aromatic carbocycles. The van der Waals surface area contributed by atoms with E-state index in [0.29, 0.717) is 17.8 Å². The highest BCUT2D eigenvalue weighted by atomic mass is 35.5. The van der Waals surface area contributed by atoms with Gasteiger partial charge in [-0.15, -0.1) is 0 Å². The van der Waals surface area contributed by atoms with Crippen molar-refractivity contribution in [1.29, 1.82) is 0 Å². The van der Waals surface area contributed by atoms with Crippen LogP contribution in [0.15, 0.2) is 30.5 Å². The smallest absolute Gasteiger partial charge is 0.261 e. The minimum atomic E-state index is -0.149. The third-order valence-corrected chi connectivity index (χ3v) is 3.99. The molecule has 0 saturated carbocycles. The van der Waals surface area contributed by atoms with E-state index in [1.807, 2.05) is 12.1 Å². The number of nitrogens with two attached hydrogens (primary N) is 1. The van der Waals surface area contributed by atoms with Crippen LogP contribution in [0.25, 0.3) is 0 Å². The molecule has 5 heteroatoms. The molecule has 0 unspecified atom stereocenters. The number of fused-ring (bicyclic) bond motifs is 1. The molecule has 0 bridgehead atoms. The van der Waals surface area contributed by atoms with Gasteiger partial charge < -0.3 is 10.6 Å². The molecule has 1 aromatic heterocycles. The number of aryl methyl sites for hydroxylation is 2. The summed E-state index contributed by atoms with van der Waals surface area (Å²) in [5.41, 5.74) is 9.86. The van der Waals surface area contributed by atoms with Crippen molar-refractivity contribution in [2.75, 3.05) is 17.2 Å². The number of carbonyl (C=O) groups excluding carboxylic acids is 1. The third kappa shape index (κ3) is 2.59. The standard InChI is InChI=1S/C16H16ClN3O/c1-10-4-5-14-11(7-10)3-2-6-20(14)16(21)13-8-12(18)9-19-15(13)17/h4-5,7-9H,2-3,6,18H2,1H3. The van der Waals surface area contributed by atoms with Gasteiger partial charge >= 0.3 is 0 Å². The van der Waals surface area contributed by atoms with Gasteiger partial charge in [-0.3, -0.25) is 4.79 Å². The lowest BCUT2D eigenvalue weighted by atomic mass is 9.99. The van der Waals surface area contributed by atoms with Gasteiger partial charge in [0.25, 0.3) is 5.91 Å². The number of anilines is 2. The van der Waals surface area contributed by atoms with Crippen molar-refractivity contribution < 1.29 is 4.79 Å². The van der Waals surface area contributed by atoms with Crippen molar-refractivity contribution in [3.63, 3.8) is 0 Å². The minimum Gasteiger partial charge on any atom is -0.397 e. The van der Waals surface area contributed by atoms with Gasteiger partial charge in [0.2, 0.25) is 0 Å². The highest BCUT2D eigenvalue weighted by molar-refractivity contribution is 6.33. The largest absolute Gasteiger partial charge is 0.397 e. The highest BCUT2D eigenvalue weighted by Gasteiger charge is 2.25. The molecule has 0 radical (unpaired) electrons. The number of pyridine rings is 1. The Morgan fingerprint density at radius 3 is 3.00 bits per heavy atom. The summed E-state index contributed by atoms with van der Waals surface area (Å²) in [4.78, 5) is 18.5. The molecule has 1 amide bonds. The Morgan fingerprint density at radius 1 is 1.38 bits per heavy atom. The summed E-state index contributed by atoms with van der Waals surface area (Å²) in [6.07, 6.45) is 3.38. The normalized spacial score (nSPS) is 13.9. The average molecular weight is 302 g/mol.